The molecule has 0 aliphatic rings. The molecule has 7 nitrogen and oxygen atoms in total. The molecule has 27 heavy (non-hydrogen) atoms. The summed E-state index contributed by atoms with van der Waals surface area (Å²) in [6.45, 7) is 1.45. The summed E-state index contributed by atoms with van der Waals surface area (Å²) in [7, 11) is 1.28. The van der Waals surface area contributed by atoms with Crippen molar-refractivity contribution in [3.8, 4) is 0 Å². The normalized spacial score (nSPS) is 10.1. The van der Waals surface area contributed by atoms with Gasteiger partial charge in [-0.25, -0.2) is 4.79 Å². The molecule has 142 valence electrons. The number of hydrogen-bond acceptors (Lipinski definition) is 7. The summed E-state index contributed by atoms with van der Waals surface area (Å²) >= 11 is 1.38. The lowest BCUT2D eigenvalue weighted by atomic mass is 10.2. The van der Waals surface area contributed by atoms with Crippen LogP contribution < -0.4 is 5.32 Å². The van der Waals surface area contributed by atoms with Gasteiger partial charge < -0.3 is 14.8 Å². The standard InChI is InChI=1S/C19H19NO6S/c1-12-3-9-16(27-12)15(21)8-10-18(23)26-11-17(22)20-14-6-4-13(5-7-14)19(24)25-2/h3-7,9H,8,10-11H2,1-2H3,(H,20,22). The third-order valence-corrected chi connectivity index (χ3v) is 4.57. The van der Waals surface area contributed by atoms with Crippen LogP contribution in [-0.2, 0) is 19.1 Å². The fourth-order valence-corrected chi connectivity index (χ4v) is 2.98. The Morgan fingerprint density at radius 2 is 1.70 bits per heavy atom. The van der Waals surface area contributed by atoms with Crippen LogP contribution in [0.2, 0.25) is 0 Å². The van der Waals surface area contributed by atoms with Crippen LogP contribution in [0.3, 0.4) is 0 Å². The number of carbonyl (C=O) groups excluding carboxylic acids is 4. The molecule has 0 bridgehead atoms. The number of methoxy groups -OCH3 is 1. The lowest BCUT2D eigenvalue weighted by molar-refractivity contribution is -0.147. The Bertz CT molecular complexity index is 840. The van der Waals surface area contributed by atoms with Crippen LogP contribution in [-0.4, -0.2) is 37.3 Å². The summed E-state index contributed by atoms with van der Waals surface area (Å²) in [5, 5.41) is 2.54. The molecule has 0 atom stereocenters. The van der Waals surface area contributed by atoms with Gasteiger partial charge in [0.2, 0.25) is 0 Å². The van der Waals surface area contributed by atoms with Crippen LogP contribution in [0.25, 0.3) is 0 Å². The van der Waals surface area contributed by atoms with Crippen molar-refractivity contribution in [2.45, 2.75) is 19.8 Å². The van der Waals surface area contributed by atoms with Crippen molar-refractivity contribution in [2.24, 2.45) is 0 Å². The molecule has 1 amide bonds. The van der Waals surface area contributed by atoms with Crippen LogP contribution in [0.1, 0.15) is 37.7 Å². The highest BCUT2D eigenvalue weighted by Crippen LogP contribution is 2.17. The minimum atomic E-state index is -0.618. The van der Waals surface area contributed by atoms with Crippen LogP contribution in [0.5, 0.6) is 0 Å². The number of aryl methyl sites for hydroxylation is 1. The van der Waals surface area contributed by atoms with Crippen LogP contribution in [0, 0.1) is 6.92 Å². The van der Waals surface area contributed by atoms with Crippen molar-refractivity contribution in [1.29, 1.82) is 0 Å². The zero-order chi connectivity index (χ0) is 19.8. The van der Waals surface area contributed by atoms with Gasteiger partial charge in [0, 0.05) is 17.0 Å². The van der Waals surface area contributed by atoms with Gasteiger partial charge in [0.25, 0.3) is 5.91 Å². The number of amides is 1. The second-order valence-electron chi connectivity index (χ2n) is 5.61. The molecule has 0 fully saturated rings. The predicted octanol–water partition coefficient (Wildman–Crippen LogP) is 2.99. The zero-order valence-corrected chi connectivity index (χ0v) is 15.8. The predicted molar refractivity (Wildman–Crippen MR) is 100.0 cm³/mol. The van der Waals surface area contributed by atoms with Gasteiger partial charge in [-0.2, -0.15) is 0 Å². The fraction of sp³-hybridized carbons (Fsp3) is 0.263. The average molecular weight is 389 g/mol. The van der Waals surface area contributed by atoms with E-state index in [9.17, 15) is 19.2 Å². The van der Waals surface area contributed by atoms with Crippen LogP contribution in [0.15, 0.2) is 36.4 Å². The summed E-state index contributed by atoms with van der Waals surface area (Å²) in [6.07, 6.45) is -0.0493. The van der Waals surface area contributed by atoms with Crippen molar-refractivity contribution < 1.29 is 28.7 Å². The Balaban J connectivity index is 1.72. The molecule has 2 rings (SSSR count). The zero-order valence-electron chi connectivity index (χ0n) is 14.9. The van der Waals surface area contributed by atoms with Gasteiger partial charge >= 0.3 is 11.9 Å². The monoisotopic (exact) mass is 389 g/mol. The van der Waals surface area contributed by atoms with Gasteiger partial charge in [-0.05, 0) is 43.3 Å². The summed E-state index contributed by atoms with van der Waals surface area (Å²) in [5.74, 6) is -1.74. The van der Waals surface area contributed by atoms with E-state index in [0.717, 1.165) is 4.88 Å². The number of nitrogens with one attached hydrogen (secondary N) is 1. The number of benzene rings is 1. The number of carbonyl (C=O) groups is 4. The average Bonchev–Trinajstić information content (AvgIpc) is 3.11. The molecular weight excluding hydrogens is 370 g/mol. The molecule has 0 aliphatic carbocycles. The quantitative estimate of drug-likeness (QED) is 0.550. The van der Waals surface area contributed by atoms with Gasteiger partial charge in [-0.3, -0.25) is 14.4 Å². The first-order valence-electron chi connectivity index (χ1n) is 8.12. The van der Waals surface area contributed by atoms with Gasteiger partial charge in [0.1, 0.15) is 0 Å². The number of ether oxygens (including phenoxy) is 2. The Labute approximate surface area is 160 Å². The van der Waals surface area contributed by atoms with E-state index in [4.69, 9.17) is 4.74 Å². The van der Waals surface area contributed by atoms with E-state index in [1.54, 1.807) is 6.07 Å². The molecule has 2 aromatic rings. The number of thiophene rings is 1. The van der Waals surface area contributed by atoms with E-state index in [0.29, 0.717) is 16.1 Å². The molecule has 1 aromatic heterocycles. The van der Waals surface area contributed by atoms with E-state index in [1.807, 2.05) is 13.0 Å². The lowest BCUT2D eigenvalue weighted by Gasteiger charge is -2.07. The van der Waals surface area contributed by atoms with Crippen molar-refractivity contribution in [1.82, 2.24) is 0 Å². The topological polar surface area (TPSA) is 98.8 Å². The summed E-state index contributed by atoms with van der Waals surface area (Å²) in [6, 6.07) is 9.66. The molecule has 0 saturated heterocycles. The maximum absolute atomic E-state index is 11.9. The summed E-state index contributed by atoms with van der Waals surface area (Å²) in [5.41, 5.74) is 0.805. The molecule has 0 radical (unpaired) electrons. The minimum absolute atomic E-state index is 0.0371. The molecular formula is C19H19NO6S. The van der Waals surface area contributed by atoms with E-state index >= 15 is 0 Å². The number of rotatable bonds is 8. The molecule has 0 unspecified atom stereocenters. The van der Waals surface area contributed by atoms with E-state index < -0.39 is 24.5 Å². The maximum atomic E-state index is 11.9. The molecule has 0 saturated carbocycles. The van der Waals surface area contributed by atoms with E-state index in [2.05, 4.69) is 10.1 Å². The number of hydrogen-bond donors (Lipinski definition) is 1. The van der Waals surface area contributed by atoms with Crippen LogP contribution in [0.4, 0.5) is 5.69 Å². The number of Topliss-reactive ketones (excluding diaryl/α,β-unsaturated/α-hetero) is 1. The first kappa shape index (κ1) is 20.3. The van der Waals surface area contributed by atoms with Crippen molar-refractivity contribution in [2.75, 3.05) is 19.0 Å². The third-order valence-electron chi connectivity index (χ3n) is 3.53. The first-order chi connectivity index (χ1) is 12.9. The Morgan fingerprint density at radius 1 is 1.00 bits per heavy atom. The van der Waals surface area contributed by atoms with Gasteiger partial charge in [-0.15, -0.1) is 11.3 Å². The SMILES string of the molecule is COC(=O)c1ccc(NC(=O)COC(=O)CCC(=O)c2ccc(C)s2)cc1. The maximum Gasteiger partial charge on any atom is 0.337 e. The van der Waals surface area contributed by atoms with Crippen molar-refractivity contribution >= 4 is 40.7 Å². The molecule has 1 heterocycles. The second kappa shape index (κ2) is 9.63. The van der Waals surface area contributed by atoms with Gasteiger partial charge in [0.05, 0.1) is 24.0 Å². The van der Waals surface area contributed by atoms with Gasteiger partial charge in [-0.1, -0.05) is 0 Å². The number of esters is 2. The third kappa shape index (κ3) is 6.34. The van der Waals surface area contributed by atoms with Crippen molar-refractivity contribution in [3.63, 3.8) is 0 Å². The second-order valence-corrected chi connectivity index (χ2v) is 6.90. The highest BCUT2D eigenvalue weighted by Gasteiger charge is 2.13. The van der Waals surface area contributed by atoms with Crippen molar-refractivity contribution in [3.05, 3.63) is 51.7 Å². The van der Waals surface area contributed by atoms with E-state index in [-0.39, 0.29) is 18.6 Å². The molecule has 8 heteroatoms. The number of ketones is 1. The largest absolute Gasteiger partial charge is 0.465 e. The highest BCUT2D eigenvalue weighted by molar-refractivity contribution is 7.14. The Morgan fingerprint density at radius 3 is 2.30 bits per heavy atom. The van der Waals surface area contributed by atoms with Crippen LogP contribution >= 0.6 is 11.3 Å². The first-order valence-corrected chi connectivity index (χ1v) is 8.94. The Kier molecular flexibility index (Phi) is 7.25. The summed E-state index contributed by atoms with van der Waals surface area (Å²) in [4.78, 5) is 48.4. The Hall–Kier alpha value is -3.00. The molecule has 0 spiro atoms. The number of anilines is 1. The minimum Gasteiger partial charge on any atom is -0.465 e. The fourth-order valence-electron chi connectivity index (χ4n) is 2.15. The molecule has 1 N–H and O–H groups in total. The highest BCUT2D eigenvalue weighted by atomic mass is 32.1. The molecule has 0 aliphatic heterocycles. The lowest BCUT2D eigenvalue weighted by Crippen LogP contribution is -2.21. The molecule has 1 aromatic carbocycles. The smallest absolute Gasteiger partial charge is 0.337 e. The van der Waals surface area contributed by atoms with Gasteiger partial charge in [0.15, 0.2) is 12.4 Å². The van der Waals surface area contributed by atoms with E-state index in [1.165, 1.54) is 42.7 Å². The summed E-state index contributed by atoms with van der Waals surface area (Å²) < 4.78 is 9.46.